The third kappa shape index (κ3) is 5.68. The molecule has 1 saturated heterocycles. The van der Waals surface area contributed by atoms with Crippen LogP contribution < -0.4 is 9.64 Å². The van der Waals surface area contributed by atoms with E-state index < -0.39 is 5.82 Å². The summed E-state index contributed by atoms with van der Waals surface area (Å²) < 4.78 is 25.1. The van der Waals surface area contributed by atoms with E-state index in [0.29, 0.717) is 17.4 Å². The highest BCUT2D eigenvalue weighted by Crippen LogP contribution is 2.33. The fourth-order valence-electron chi connectivity index (χ4n) is 3.51. The van der Waals surface area contributed by atoms with Crippen molar-refractivity contribution in [2.75, 3.05) is 51.4 Å². The standard InChI is InChI=1S/C22H23ClFN3O3S.ClH/c1-29-16-4-6-20-19(14-16)25-22(31-20)27(8-2-7-26-9-11-30-12-10-26)21(28)17-5-3-15(24)13-18(17)23;/h3-6,13-14H,2,7-12H2,1H3;1H. The van der Waals surface area contributed by atoms with E-state index in [1.165, 1.54) is 23.5 Å². The number of rotatable bonds is 7. The van der Waals surface area contributed by atoms with Gasteiger partial charge in [0.25, 0.3) is 5.91 Å². The summed E-state index contributed by atoms with van der Waals surface area (Å²) in [5.74, 6) is -0.0679. The number of amides is 1. The second kappa shape index (κ2) is 11.2. The molecule has 172 valence electrons. The minimum atomic E-state index is -0.479. The van der Waals surface area contributed by atoms with Crippen LogP contribution in [0, 0.1) is 5.82 Å². The van der Waals surface area contributed by atoms with Gasteiger partial charge in [-0.05, 0) is 36.8 Å². The average molecular weight is 500 g/mol. The smallest absolute Gasteiger partial charge is 0.261 e. The molecule has 4 rings (SSSR count). The third-order valence-electron chi connectivity index (χ3n) is 5.18. The van der Waals surface area contributed by atoms with E-state index in [-0.39, 0.29) is 28.9 Å². The van der Waals surface area contributed by atoms with Crippen LogP contribution in [-0.2, 0) is 4.74 Å². The number of carbonyl (C=O) groups excluding carboxylic acids is 1. The molecule has 3 aromatic rings. The number of methoxy groups -OCH3 is 1. The summed E-state index contributed by atoms with van der Waals surface area (Å²) in [6.45, 7) is 4.56. The molecule has 0 saturated carbocycles. The van der Waals surface area contributed by atoms with E-state index in [4.69, 9.17) is 21.1 Å². The summed E-state index contributed by atoms with van der Waals surface area (Å²) in [5, 5.41) is 0.668. The fourth-order valence-corrected chi connectivity index (χ4v) is 4.73. The minimum Gasteiger partial charge on any atom is -0.497 e. The molecule has 0 spiro atoms. The van der Waals surface area contributed by atoms with Crippen molar-refractivity contribution in [2.45, 2.75) is 6.42 Å². The van der Waals surface area contributed by atoms with Crippen molar-refractivity contribution in [3.05, 3.63) is 52.8 Å². The van der Waals surface area contributed by atoms with Gasteiger partial charge >= 0.3 is 0 Å². The Labute approximate surface area is 201 Å². The molecule has 0 unspecified atom stereocenters. The number of anilines is 1. The van der Waals surface area contributed by atoms with Gasteiger partial charge in [-0.15, -0.1) is 12.4 Å². The van der Waals surface area contributed by atoms with Crippen molar-refractivity contribution in [1.29, 1.82) is 0 Å². The fraction of sp³-hybridized carbons (Fsp3) is 0.364. The maximum absolute atomic E-state index is 13.5. The first-order chi connectivity index (χ1) is 15.0. The predicted molar refractivity (Wildman–Crippen MR) is 128 cm³/mol. The molecule has 1 amide bonds. The molecule has 2 aromatic carbocycles. The zero-order chi connectivity index (χ0) is 21.8. The molecule has 2 heterocycles. The van der Waals surface area contributed by atoms with E-state index in [1.807, 2.05) is 18.2 Å². The van der Waals surface area contributed by atoms with Gasteiger partial charge in [0.05, 0.1) is 41.1 Å². The number of hydrogen-bond donors (Lipinski definition) is 0. The van der Waals surface area contributed by atoms with Gasteiger partial charge in [0, 0.05) is 32.2 Å². The molecule has 32 heavy (non-hydrogen) atoms. The van der Waals surface area contributed by atoms with Crippen LogP contribution in [0.1, 0.15) is 16.8 Å². The lowest BCUT2D eigenvalue weighted by atomic mass is 10.2. The molecule has 0 radical (unpaired) electrons. The van der Waals surface area contributed by atoms with Crippen molar-refractivity contribution in [1.82, 2.24) is 9.88 Å². The molecular formula is C22H24Cl2FN3O3S. The Morgan fingerprint density at radius 3 is 2.78 bits per heavy atom. The second-order valence-corrected chi connectivity index (χ2v) is 8.63. The summed E-state index contributed by atoms with van der Waals surface area (Å²) in [7, 11) is 1.60. The van der Waals surface area contributed by atoms with Crippen molar-refractivity contribution < 1.29 is 18.7 Å². The molecule has 1 aliphatic heterocycles. The number of carbonyl (C=O) groups is 1. The third-order valence-corrected chi connectivity index (χ3v) is 6.55. The van der Waals surface area contributed by atoms with Crippen LogP contribution in [-0.4, -0.2) is 62.3 Å². The van der Waals surface area contributed by atoms with Crippen molar-refractivity contribution in [3.63, 3.8) is 0 Å². The molecular weight excluding hydrogens is 476 g/mol. The van der Waals surface area contributed by atoms with Gasteiger partial charge in [-0.2, -0.15) is 0 Å². The summed E-state index contributed by atoms with van der Waals surface area (Å²) in [6.07, 6.45) is 0.768. The van der Waals surface area contributed by atoms with Crippen LogP contribution in [0.5, 0.6) is 5.75 Å². The zero-order valence-corrected chi connectivity index (χ0v) is 19.9. The first kappa shape index (κ1) is 24.7. The van der Waals surface area contributed by atoms with E-state index in [2.05, 4.69) is 9.88 Å². The Balaban J connectivity index is 0.00000289. The lowest BCUT2D eigenvalue weighted by Gasteiger charge is -2.27. The topological polar surface area (TPSA) is 54.9 Å². The van der Waals surface area contributed by atoms with Gasteiger partial charge < -0.3 is 9.47 Å². The molecule has 1 fully saturated rings. The van der Waals surface area contributed by atoms with Crippen molar-refractivity contribution in [3.8, 4) is 5.75 Å². The van der Waals surface area contributed by atoms with E-state index in [1.54, 1.807) is 12.0 Å². The average Bonchev–Trinajstić information content (AvgIpc) is 3.20. The van der Waals surface area contributed by atoms with Crippen LogP contribution in [0.15, 0.2) is 36.4 Å². The molecule has 0 atom stereocenters. The number of halogens is 3. The maximum atomic E-state index is 13.5. The van der Waals surface area contributed by atoms with Gasteiger partial charge in [0.15, 0.2) is 5.13 Å². The molecule has 0 aliphatic carbocycles. The van der Waals surface area contributed by atoms with Crippen molar-refractivity contribution >= 4 is 56.6 Å². The molecule has 0 N–H and O–H groups in total. The zero-order valence-electron chi connectivity index (χ0n) is 17.6. The highest BCUT2D eigenvalue weighted by Gasteiger charge is 2.24. The summed E-state index contributed by atoms with van der Waals surface area (Å²) in [4.78, 5) is 22.0. The maximum Gasteiger partial charge on any atom is 0.261 e. The predicted octanol–water partition coefficient (Wildman–Crippen LogP) is 4.89. The lowest BCUT2D eigenvalue weighted by Crippen LogP contribution is -2.39. The molecule has 0 bridgehead atoms. The number of thiazole rings is 1. The van der Waals surface area contributed by atoms with Gasteiger partial charge in [-0.25, -0.2) is 9.37 Å². The number of hydrogen-bond acceptors (Lipinski definition) is 6. The Kier molecular flexibility index (Phi) is 8.67. The Hall–Kier alpha value is -1.97. The SMILES string of the molecule is COc1ccc2sc(N(CCCN3CCOCC3)C(=O)c3ccc(F)cc3Cl)nc2c1.Cl. The molecule has 1 aromatic heterocycles. The molecule has 6 nitrogen and oxygen atoms in total. The highest BCUT2D eigenvalue weighted by atomic mass is 35.5. The van der Waals surface area contributed by atoms with Gasteiger partial charge in [-0.1, -0.05) is 22.9 Å². The van der Waals surface area contributed by atoms with E-state index >= 15 is 0 Å². The number of fused-ring (bicyclic) bond motifs is 1. The lowest BCUT2D eigenvalue weighted by molar-refractivity contribution is 0.0376. The number of morpholine rings is 1. The summed E-state index contributed by atoms with van der Waals surface area (Å²) in [5.41, 5.74) is 1.02. The Bertz CT molecular complexity index is 1080. The van der Waals surface area contributed by atoms with Crippen LogP contribution in [0.25, 0.3) is 10.2 Å². The number of ether oxygens (including phenoxy) is 2. The number of benzene rings is 2. The molecule has 10 heteroatoms. The summed E-state index contributed by atoms with van der Waals surface area (Å²) in [6, 6.07) is 9.46. The van der Waals surface area contributed by atoms with E-state index in [9.17, 15) is 9.18 Å². The van der Waals surface area contributed by atoms with Crippen LogP contribution >= 0.6 is 35.3 Å². The highest BCUT2D eigenvalue weighted by molar-refractivity contribution is 7.22. The van der Waals surface area contributed by atoms with Crippen molar-refractivity contribution in [2.24, 2.45) is 0 Å². The summed E-state index contributed by atoms with van der Waals surface area (Å²) >= 11 is 7.62. The largest absolute Gasteiger partial charge is 0.497 e. The first-order valence-corrected chi connectivity index (χ1v) is 11.3. The normalized spacial score (nSPS) is 14.2. The van der Waals surface area contributed by atoms with Crippen LogP contribution in [0.2, 0.25) is 5.02 Å². The number of aromatic nitrogens is 1. The first-order valence-electron chi connectivity index (χ1n) is 10.1. The second-order valence-electron chi connectivity index (χ2n) is 7.22. The minimum absolute atomic E-state index is 0. The number of nitrogens with zero attached hydrogens (tertiary/aromatic N) is 3. The van der Waals surface area contributed by atoms with Crippen LogP contribution in [0.4, 0.5) is 9.52 Å². The quantitative estimate of drug-likeness (QED) is 0.463. The van der Waals surface area contributed by atoms with Gasteiger partial charge in [0.1, 0.15) is 11.6 Å². The van der Waals surface area contributed by atoms with Gasteiger partial charge in [-0.3, -0.25) is 14.6 Å². The van der Waals surface area contributed by atoms with E-state index in [0.717, 1.165) is 55.6 Å². The monoisotopic (exact) mass is 499 g/mol. The molecule has 1 aliphatic rings. The van der Waals surface area contributed by atoms with Gasteiger partial charge in [0.2, 0.25) is 0 Å². The van der Waals surface area contributed by atoms with Crippen LogP contribution in [0.3, 0.4) is 0 Å². The Morgan fingerprint density at radius 1 is 1.28 bits per heavy atom. The Morgan fingerprint density at radius 2 is 2.06 bits per heavy atom.